The van der Waals surface area contributed by atoms with E-state index in [-0.39, 0.29) is 23.5 Å². The third-order valence-corrected chi connectivity index (χ3v) is 6.14. The van der Waals surface area contributed by atoms with Gasteiger partial charge in [-0.1, -0.05) is 31.4 Å². The van der Waals surface area contributed by atoms with E-state index in [2.05, 4.69) is 10.0 Å². The van der Waals surface area contributed by atoms with Gasteiger partial charge in [-0.25, -0.2) is 8.42 Å². The van der Waals surface area contributed by atoms with Gasteiger partial charge in [-0.05, 0) is 61.7 Å². The van der Waals surface area contributed by atoms with Gasteiger partial charge in [0.25, 0.3) is 15.9 Å². The molecule has 1 aliphatic rings. The minimum Gasteiger partial charge on any atom is -0.484 e. The Labute approximate surface area is 166 Å². The summed E-state index contributed by atoms with van der Waals surface area (Å²) in [5, 5.41) is 2.99. The number of carbonyl (C=O) groups excluding carboxylic acids is 1. The van der Waals surface area contributed by atoms with Gasteiger partial charge in [0.1, 0.15) is 5.75 Å². The molecule has 0 saturated heterocycles. The standard InChI is InChI=1S/C21H26N2O4S/c1-16-6-5-9-18(14-16)23-28(25,26)20-12-10-19(11-13-20)27-15-21(24)22-17-7-3-2-4-8-17/h5-6,9-14,17,23H,2-4,7-8,15H2,1H3,(H,22,24). The van der Waals surface area contributed by atoms with E-state index >= 15 is 0 Å². The van der Waals surface area contributed by atoms with Crippen molar-refractivity contribution in [3.05, 3.63) is 54.1 Å². The molecule has 6 nitrogen and oxygen atoms in total. The average Bonchev–Trinajstić information content (AvgIpc) is 2.67. The van der Waals surface area contributed by atoms with Gasteiger partial charge >= 0.3 is 0 Å². The van der Waals surface area contributed by atoms with Crippen LogP contribution in [0.2, 0.25) is 0 Å². The molecule has 0 aliphatic heterocycles. The minimum absolute atomic E-state index is 0.0792. The SMILES string of the molecule is Cc1cccc(NS(=O)(=O)c2ccc(OCC(=O)NC3CCCCC3)cc2)c1. The number of sulfonamides is 1. The van der Waals surface area contributed by atoms with Crippen LogP contribution in [0.3, 0.4) is 0 Å². The van der Waals surface area contributed by atoms with E-state index < -0.39 is 10.0 Å². The fourth-order valence-corrected chi connectivity index (χ4v) is 4.35. The molecule has 2 aromatic carbocycles. The first-order valence-corrected chi connectivity index (χ1v) is 11.0. The summed E-state index contributed by atoms with van der Waals surface area (Å²) < 4.78 is 33.0. The molecular weight excluding hydrogens is 376 g/mol. The smallest absolute Gasteiger partial charge is 0.261 e. The fourth-order valence-electron chi connectivity index (χ4n) is 3.30. The number of hydrogen-bond donors (Lipinski definition) is 2. The first-order valence-electron chi connectivity index (χ1n) is 9.54. The van der Waals surface area contributed by atoms with E-state index in [4.69, 9.17) is 4.74 Å². The second kappa shape index (κ2) is 9.10. The lowest BCUT2D eigenvalue weighted by molar-refractivity contribution is -0.124. The number of aryl methyl sites for hydroxylation is 1. The highest BCUT2D eigenvalue weighted by Crippen LogP contribution is 2.20. The predicted molar refractivity (Wildman–Crippen MR) is 109 cm³/mol. The molecule has 2 aromatic rings. The highest BCUT2D eigenvalue weighted by Gasteiger charge is 2.17. The number of carbonyl (C=O) groups is 1. The van der Waals surface area contributed by atoms with Crippen LogP contribution in [0.5, 0.6) is 5.75 Å². The molecule has 1 saturated carbocycles. The lowest BCUT2D eigenvalue weighted by atomic mass is 9.95. The number of nitrogens with one attached hydrogen (secondary N) is 2. The van der Waals surface area contributed by atoms with Crippen LogP contribution in [0.1, 0.15) is 37.7 Å². The maximum atomic E-state index is 12.5. The molecule has 1 aliphatic carbocycles. The first kappa shape index (κ1) is 20.2. The molecular formula is C21H26N2O4S. The van der Waals surface area contributed by atoms with E-state index in [1.165, 1.54) is 18.6 Å². The topological polar surface area (TPSA) is 84.5 Å². The summed E-state index contributed by atoms with van der Waals surface area (Å²) in [7, 11) is -3.68. The van der Waals surface area contributed by atoms with E-state index in [0.717, 1.165) is 31.2 Å². The number of amides is 1. The van der Waals surface area contributed by atoms with Crippen LogP contribution in [0, 0.1) is 6.92 Å². The number of hydrogen-bond acceptors (Lipinski definition) is 4. The number of ether oxygens (including phenoxy) is 1. The molecule has 28 heavy (non-hydrogen) atoms. The molecule has 0 atom stereocenters. The van der Waals surface area contributed by atoms with Crippen molar-refractivity contribution in [2.24, 2.45) is 0 Å². The maximum Gasteiger partial charge on any atom is 0.261 e. The highest BCUT2D eigenvalue weighted by atomic mass is 32.2. The summed E-state index contributed by atoms with van der Waals surface area (Å²) in [6, 6.07) is 13.4. The minimum atomic E-state index is -3.68. The third kappa shape index (κ3) is 5.73. The average molecular weight is 403 g/mol. The summed E-state index contributed by atoms with van der Waals surface area (Å²) in [4.78, 5) is 12.1. The normalized spacial score (nSPS) is 15.0. The Balaban J connectivity index is 1.54. The van der Waals surface area contributed by atoms with Crippen LogP contribution in [-0.2, 0) is 14.8 Å². The van der Waals surface area contributed by atoms with Crippen molar-refractivity contribution in [3.63, 3.8) is 0 Å². The van der Waals surface area contributed by atoms with Gasteiger partial charge in [-0.3, -0.25) is 9.52 Å². The maximum absolute atomic E-state index is 12.5. The molecule has 150 valence electrons. The molecule has 0 spiro atoms. The molecule has 1 fully saturated rings. The summed E-state index contributed by atoms with van der Waals surface area (Å²) in [6.45, 7) is 1.82. The Morgan fingerprint density at radius 3 is 2.46 bits per heavy atom. The molecule has 0 unspecified atom stereocenters. The molecule has 0 aromatic heterocycles. The Morgan fingerprint density at radius 2 is 1.79 bits per heavy atom. The number of anilines is 1. The predicted octanol–water partition coefficient (Wildman–Crippen LogP) is 3.62. The van der Waals surface area contributed by atoms with Gasteiger partial charge in [0.05, 0.1) is 4.90 Å². The second-order valence-electron chi connectivity index (χ2n) is 7.14. The van der Waals surface area contributed by atoms with Gasteiger partial charge in [-0.15, -0.1) is 0 Å². The monoisotopic (exact) mass is 402 g/mol. The van der Waals surface area contributed by atoms with Gasteiger partial charge in [0.2, 0.25) is 0 Å². The van der Waals surface area contributed by atoms with Crippen molar-refractivity contribution in [1.82, 2.24) is 5.32 Å². The van der Waals surface area contributed by atoms with E-state index in [9.17, 15) is 13.2 Å². The number of rotatable bonds is 7. The highest BCUT2D eigenvalue weighted by molar-refractivity contribution is 7.92. The van der Waals surface area contributed by atoms with Crippen molar-refractivity contribution in [2.75, 3.05) is 11.3 Å². The van der Waals surface area contributed by atoms with E-state index in [1.54, 1.807) is 30.3 Å². The molecule has 2 N–H and O–H groups in total. The van der Waals surface area contributed by atoms with Crippen LogP contribution in [0.15, 0.2) is 53.4 Å². The summed E-state index contributed by atoms with van der Waals surface area (Å²) in [5.74, 6) is 0.304. The summed E-state index contributed by atoms with van der Waals surface area (Å²) in [5.41, 5.74) is 1.48. The fraction of sp³-hybridized carbons (Fsp3) is 0.381. The van der Waals surface area contributed by atoms with E-state index in [0.29, 0.717) is 11.4 Å². The van der Waals surface area contributed by atoms with Gasteiger partial charge in [0.15, 0.2) is 6.61 Å². The molecule has 7 heteroatoms. The van der Waals surface area contributed by atoms with Gasteiger partial charge in [-0.2, -0.15) is 0 Å². The van der Waals surface area contributed by atoms with Gasteiger partial charge < -0.3 is 10.1 Å². The Kier molecular flexibility index (Phi) is 6.57. The van der Waals surface area contributed by atoms with Crippen molar-refractivity contribution < 1.29 is 17.9 Å². The van der Waals surface area contributed by atoms with E-state index in [1.807, 2.05) is 13.0 Å². The molecule has 0 bridgehead atoms. The molecule has 3 rings (SSSR count). The largest absolute Gasteiger partial charge is 0.484 e. The molecule has 1 amide bonds. The van der Waals surface area contributed by atoms with Crippen molar-refractivity contribution >= 4 is 21.6 Å². The second-order valence-corrected chi connectivity index (χ2v) is 8.82. The molecule has 0 radical (unpaired) electrons. The van der Waals surface area contributed by atoms with Crippen molar-refractivity contribution in [2.45, 2.75) is 50.0 Å². The third-order valence-electron chi connectivity index (χ3n) is 4.74. The van der Waals surface area contributed by atoms with Crippen molar-refractivity contribution in [1.29, 1.82) is 0 Å². The van der Waals surface area contributed by atoms with Crippen LogP contribution < -0.4 is 14.8 Å². The summed E-state index contributed by atoms with van der Waals surface area (Å²) in [6.07, 6.45) is 5.58. The lowest BCUT2D eigenvalue weighted by Crippen LogP contribution is -2.38. The summed E-state index contributed by atoms with van der Waals surface area (Å²) >= 11 is 0. The Bertz CT molecular complexity index is 904. The zero-order valence-corrected chi connectivity index (χ0v) is 16.8. The number of benzene rings is 2. The lowest BCUT2D eigenvalue weighted by Gasteiger charge is -2.22. The van der Waals surface area contributed by atoms with Crippen LogP contribution >= 0.6 is 0 Å². The van der Waals surface area contributed by atoms with Gasteiger partial charge in [0, 0.05) is 11.7 Å². The van der Waals surface area contributed by atoms with Crippen LogP contribution in [0.25, 0.3) is 0 Å². The molecule has 0 heterocycles. The van der Waals surface area contributed by atoms with Crippen LogP contribution in [0.4, 0.5) is 5.69 Å². The Hall–Kier alpha value is -2.54. The zero-order chi connectivity index (χ0) is 20.0. The quantitative estimate of drug-likeness (QED) is 0.741. The van der Waals surface area contributed by atoms with Crippen LogP contribution in [-0.4, -0.2) is 27.0 Å². The Morgan fingerprint density at radius 1 is 1.07 bits per heavy atom. The van der Waals surface area contributed by atoms with Crippen molar-refractivity contribution in [3.8, 4) is 5.75 Å². The zero-order valence-electron chi connectivity index (χ0n) is 16.0. The first-order chi connectivity index (χ1) is 13.4.